The van der Waals surface area contributed by atoms with E-state index in [0.717, 1.165) is 0 Å². The summed E-state index contributed by atoms with van der Waals surface area (Å²) in [6.45, 7) is 0. The Bertz CT molecular complexity index is 254. The van der Waals surface area contributed by atoms with Crippen LogP contribution in [0.15, 0.2) is 0 Å². The summed E-state index contributed by atoms with van der Waals surface area (Å²) in [7, 11) is 3.11. The topological polar surface area (TPSA) is 67.8 Å². The Labute approximate surface area is 88.7 Å². The Morgan fingerprint density at radius 2 is 2.13 bits per heavy atom. The normalized spacial score (nSPS) is 39.6. The SMILES string of the molecule is COC(OC)C1C(O)CC2NC(=O)CC21. The molecular weight excluding hydrogens is 198 g/mol. The van der Waals surface area contributed by atoms with Crippen molar-refractivity contribution >= 4 is 5.91 Å². The molecule has 5 nitrogen and oxygen atoms in total. The monoisotopic (exact) mass is 215 g/mol. The van der Waals surface area contributed by atoms with E-state index in [1.54, 1.807) is 14.2 Å². The Balaban J connectivity index is 2.12. The van der Waals surface area contributed by atoms with Crippen LogP contribution in [0.25, 0.3) is 0 Å². The van der Waals surface area contributed by atoms with Gasteiger partial charge in [-0.25, -0.2) is 0 Å². The predicted octanol–water partition coefficient (Wildman–Crippen LogP) is -0.509. The third kappa shape index (κ3) is 1.75. The summed E-state index contributed by atoms with van der Waals surface area (Å²) in [5.41, 5.74) is 0. The highest BCUT2D eigenvalue weighted by molar-refractivity contribution is 5.79. The second-order valence-electron chi connectivity index (χ2n) is 4.26. The maximum atomic E-state index is 11.2. The molecule has 86 valence electrons. The number of carbonyl (C=O) groups is 1. The number of aliphatic hydroxyl groups is 1. The van der Waals surface area contributed by atoms with Crippen molar-refractivity contribution in [3.05, 3.63) is 0 Å². The predicted molar refractivity (Wildman–Crippen MR) is 52.0 cm³/mol. The van der Waals surface area contributed by atoms with E-state index in [4.69, 9.17) is 9.47 Å². The Kier molecular flexibility index (Phi) is 2.95. The van der Waals surface area contributed by atoms with Crippen molar-refractivity contribution in [2.75, 3.05) is 14.2 Å². The maximum Gasteiger partial charge on any atom is 0.220 e. The van der Waals surface area contributed by atoms with Gasteiger partial charge in [0, 0.05) is 32.6 Å². The second-order valence-corrected chi connectivity index (χ2v) is 4.26. The Morgan fingerprint density at radius 1 is 1.47 bits per heavy atom. The zero-order valence-electron chi connectivity index (χ0n) is 8.97. The van der Waals surface area contributed by atoms with Crippen molar-refractivity contribution < 1.29 is 19.4 Å². The molecule has 1 saturated carbocycles. The van der Waals surface area contributed by atoms with E-state index >= 15 is 0 Å². The molecule has 4 atom stereocenters. The van der Waals surface area contributed by atoms with Crippen LogP contribution in [0.4, 0.5) is 0 Å². The summed E-state index contributed by atoms with van der Waals surface area (Å²) in [5.74, 6) is 0.0919. The first-order valence-corrected chi connectivity index (χ1v) is 5.20. The van der Waals surface area contributed by atoms with Gasteiger partial charge in [0.1, 0.15) is 0 Å². The number of amides is 1. The van der Waals surface area contributed by atoms with Crippen molar-refractivity contribution in [1.29, 1.82) is 0 Å². The zero-order valence-corrected chi connectivity index (χ0v) is 8.97. The lowest BCUT2D eigenvalue weighted by Crippen LogP contribution is -2.35. The Hall–Kier alpha value is -0.650. The number of hydrogen-bond donors (Lipinski definition) is 2. The van der Waals surface area contributed by atoms with E-state index < -0.39 is 12.4 Å². The van der Waals surface area contributed by atoms with Crippen LogP contribution in [0.2, 0.25) is 0 Å². The lowest BCUT2D eigenvalue weighted by molar-refractivity contribution is -0.164. The third-order valence-electron chi connectivity index (χ3n) is 3.50. The number of nitrogens with one attached hydrogen (secondary N) is 1. The summed E-state index contributed by atoms with van der Waals surface area (Å²) < 4.78 is 10.4. The van der Waals surface area contributed by atoms with E-state index in [1.807, 2.05) is 0 Å². The molecule has 2 rings (SSSR count). The molecule has 1 saturated heterocycles. The fourth-order valence-electron chi connectivity index (χ4n) is 2.86. The quantitative estimate of drug-likeness (QED) is 0.622. The van der Waals surface area contributed by atoms with E-state index in [-0.39, 0.29) is 23.8 Å². The minimum absolute atomic E-state index is 0.0628. The minimum Gasteiger partial charge on any atom is -0.393 e. The molecule has 2 N–H and O–H groups in total. The fourth-order valence-corrected chi connectivity index (χ4v) is 2.86. The van der Waals surface area contributed by atoms with E-state index in [1.165, 1.54) is 0 Å². The van der Waals surface area contributed by atoms with Crippen LogP contribution < -0.4 is 5.32 Å². The lowest BCUT2D eigenvalue weighted by Gasteiger charge is -2.27. The molecule has 1 aliphatic carbocycles. The van der Waals surface area contributed by atoms with Gasteiger partial charge in [-0.15, -0.1) is 0 Å². The van der Waals surface area contributed by atoms with Gasteiger partial charge in [0.15, 0.2) is 6.29 Å². The average molecular weight is 215 g/mol. The van der Waals surface area contributed by atoms with Crippen LogP contribution in [-0.2, 0) is 14.3 Å². The van der Waals surface area contributed by atoms with Gasteiger partial charge in [-0.2, -0.15) is 0 Å². The highest BCUT2D eigenvalue weighted by Crippen LogP contribution is 2.40. The first kappa shape index (κ1) is 10.9. The molecule has 0 aromatic rings. The van der Waals surface area contributed by atoms with Crippen molar-refractivity contribution in [3.63, 3.8) is 0 Å². The molecule has 1 aliphatic heterocycles. The summed E-state index contributed by atoms with van der Waals surface area (Å²) in [6, 6.07) is 0.0882. The van der Waals surface area contributed by atoms with E-state index in [9.17, 15) is 9.90 Å². The van der Waals surface area contributed by atoms with Gasteiger partial charge in [0.05, 0.1) is 6.10 Å². The number of ether oxygens (including phenoxy) is 2. The molecule has 15 heavy (non-hydrogen) atoms. The highest BCUT2D eigenvalue weighted by atomic mass is 16.7. The van der Waals surface area contributed by atoms with Gasteiger partial charge in [-0.05, 0) is 12.3 Å². The molecule has 0 aromatic carbocycles. The van der Waals surface area contributed by atoms with Gasteiger partial charge in [-0.1, -0.05) is 0 Å². The zero-order chi connectivity index (χ0) is 11.0. The van der Waals surface area contributed by atoms with Crippen molar-refractivity contribution in [3.8, 4) is 0 Å². The number of rotatable bonds is 3. The van der Waals surface area contributed by atoms with Crippen LogP contribution in [0.1, 0.15) is 12.8 Å². The third-order valence-corrected chi connectivity index (χ3v) is 3.50. The molecule has 2 fully saturated rings. The van der Waals surface area contributed by atoms with Gasteiger partial charge in [0.25, 0.3) is 0 Å². The fraction of sp³-hybridized carbons (Fsp3) is 0.900. The molecule has 0 spiro atoms. The molecule has 1 amide bonds. The van der Waals surface area contributed by atoms with Crippen molar-refractivity contribution in [2.24, 2.45) is 11.8 Å². The van der Waals surface area contributed by atoms with Gasteiger partial charge in [-0.3, -0.25) is 4.79 Å². The van der Waals surface area contributed by atoms with Crippen LogP contribution in [0.3, 0.4) is 0 Å². The molecule has 0 radical (unpaired) electrons. The molecule has 0 bridgehead atoms. The van der Waals surface area contributed by atoms with E-state index in [2.05, 4.69) is 5.32 Å². The van der Waals surface area contributed by atoms with Gasteiger partial charge in [0.2, 0.25) is 5.91 Å². The summed E-state index contributed by atoms with van der Waals surface area (Å²) in [5, 5.41) is 12.8. The smallest absolute Gasteiger partial charge is 0.220 e. The highest BCUT2D eigenvalue weighted by Gasteiger charge is 2.51. The van der Waals surface area contributed by atoms with Crippen molar-refractivity contribution in [1.82, 2.24) is 5.32 Å². The van der Waals surface area contributed by atoms with E-state index in [0.29, 0.717) is 12.8 Å². The van der Waals surface area contributed by atoms with Crippen LogP contribution >= 0.6 is 0 Å². The number of methoxy groups -OCH3 is 2. The maximum absolute atomic E-state index is 11.2. The molecule has 0 aromatic heterocycles. The summed E-state index contributed by atoms with van der Waals surface area (Å²) in [6.07, 6.45) is 0.188. The van der Waals surface area contributed by atoms with Crippen LogP contribution in [-0.4, -0.2) is 43.7 Å². The number of aliphatic hydroxyl groups excluding tert-OH is 1. The Morgan fingerprint density at radius 3 is 2.73 bits per heavy atom. The first-order valence-electron chi connectivity index (χ1n) is 5.20. The molecule has 5 heteroatoms. The minimum atomic E-state index is -0.453. The molecule has 4 unspecified atom stereocenters. The molecule has 2 aliphatic rings. The second kappa shape index (κ2) is 4.08. The van der Waals surface area contributed by atoms with Crippen LogP contribution in [0.5, 0.6) is 0 Å². The summed E-state index contributed by atoms with van der Waals surface area (Å²) in [4.78, 5) is 11.2. The van der Waals surface area contributed by atoms with Crippen molar-refractivity contribution in [2.45, 2.75) is 31.3 Å². The molecular formula is C10H17NO4. The van der Waals surface area contributed by atoms with Gasteiger partial charge >= 0.3 is 0 Å². The summed E-state index contributed by atoms with van der Waals surface area (Å²) >= 11 is 0. The average Bonchev–Trinajstić information content (AvgIpc) is 2.66. The van der Waals surface area contributed by atoms with Crippen LogP contribution in [0, 0.1) is 11.8 Å². The first-order chi connectivity index (χ1) is 7.17. The number of fused-ring (bicyclic) bond motifs is 1. The number of carbonyl (C=O) groups excluding carboxylic acids is 1. The molecule has 1 heterocycles. The number of hydrogen-bond acceptors (Lipinski definition) is 4. The lowest BCUT2D eigenvalue weighted by atomic mass is 9.91. The standard InChI is InChI=1S/C10H17NO4/c1-14-10(15-2)9-5-3-8(13)11-6(5)4-7(9)12/h5-7,9-10,12H,3-4H2,1-2H3,(H,11,13). The van der Waals surface area contributed by atoms with Gasteiger partial charge < -0.3 is 19.9 Å². The largest absolute Gasteiger partial charge is 0.393 e.